The Bertz CT molecular complexity index is 667. The van der Waals surface area contributed by atoms with Crippen LogP contribution in [-0.4, -0.2) is 42.1 Å². The number of aliphatic imine (C=N–C) groups is 1. The fraction of sp³-hybridized carbons (Fsp3) is 0.667. The molecular weight excluding hydrogens is 481 g/mol. The van der Waals surface area contributed by atoms with Crippen LogP contribution in [0, 0.1) is 5.92 Å². The van der Waals surface area contributed by atoms with Gasteiger partial charge >= 0.3 is 0 Å². The van der Waals surface area contributed by atoms with Gasteiger partial charge in [-0.05, 0) is 56.6 Å². The number of ether oxygens (including phenoxy) is 1. The summed E-state index contributed by atoms with van der Waals surface area (Å²) >= 11 is 0. The molecule has 2 aliphatic rings. The smallest absolute Gasteiger partial charge is 0.220 e. The third-order valence-electron chi connectivity index (χ3n) is 5.42. The Morgan fingerprint density at radius 1 is 1.31 bits per heavy atom. The number of rotatable bonds is 6. The van der Waals surface area contributed by atoms with E-state index in [0.29, 0.717) is 25.4 Å². The number of aromatic nitrogens is 1. The molecule has 1 atom stereocenters. The minimum Gasteiger partial charge on any atom is -0.474 e. The summed E-state index contributed by atoms with van der Waals surface area (Å²) in [6, 6.07) is 4.18. The first-order valence-corrected chi connectivity index (χ1v) is 10.6. The van der Waals surface area contributed by atoms with Gasteiger partial charge in [-0.2, -0.15) is 0 Å². The van der Waals surface area contributed by atoms with Gasteiger partial charge in [-0.25, -0.2) is 9.98 Å². The molecule has 1 aromatic rings. The summed E-state index contributed by atoms with van der Waals surface area (Å²) in [5.74, 6) is 2.39. The Labute approximate surface area is 190 Å². The topological polar surface area (TPSA) is 87.6 Å². The molecule has 29 heavy (non-hydrogen) atoms. The first-order valence-electron chi connectivity index (χ1n) is 10.6. The van der Waals surface area contributed by atoms with Gasteiger partial charge in [-0.1, -0.05) is 6.92 Å². The average molecular weight is 515 g/mol. The molecule has 2 fully saturated rings. The summed E-state index contributed by atoms with van der Waals surface area (Å²) in [6.45, 7) is 6.33. The summed E-state index contributed by atoms with van der Waals surface area (Å²) in [5, 5.41) is 9.58. The molecule has 1 amide bonds. The summed E-state index contributed by atoms with van der Waals surface area (Å²) < 4.78 is 6.10. The highest BCUT2D eigenvalue weighted by atomic mass is 127. The van der Waals surface area contributed by atoms with Crippen molar-refractivity contribution in [2.45, 2.75) is 71.1 Å². The van der Waals surface area contributed by atoms with Gasteiger partial charge in [0.2, 0.25) is 11.8 Å². The van der Waals surface area contributed by atoms with Crippen LogP contribution >= 0.6 is 24.0 Å². The van der Waals surface area contributed by atoms with Crippen LogP contribution in [0.4, 0.5) is 0 Å². The van der Waals surface area contributed by atoms with Crippen LogP contribution in [0.5, 0.6) is 5.88 Å². The Morgan fingerprint density at radius 2 is 2.10 bits per heavy atom. The van der Waals surface area contributed by atoms with Crippen molar-refractivity contribution in [3.05, 3.63) is 23.9 Å². The van der Waals surface area contributed by atoms with E-state index >= 15 is 0 Å². The van der Waals surface area contributed by atoms with E-state index in [0.717, 1.165) is 43.2 Å². The van der Waals surface area contributed by atoms with Crippen LogP contribution in [0.15, 0.2) is 23.3 Å². The molecule has 1 unspecified atom stereocenters. The van der Waals surface area contributed by atoms with E-state index in [1.165, 1.54) is 12.8 Å². The van der Waals surface area contributed by atoms with Gasteiger partial charge in [0.25, 0.3) is 0 Å². The number of amides is 1. The number of guanidine groups is 1. The Kier molecular flexibility index (Phi) is 9.96. The Morgan fingerprint density at radius 3 is 2.79 bits per heavy atom. The second kappa shape index (κ2) is 12.2. The maximum Gasteiger partial charge on any atom is 0.220 e. The summed E-state index contributed by atoms with van der Waals surface area (Å²) in [4.78, 5) is 20.4. The largest absolute Gasteiger partial charge is 0.474 e. The van der Waals surface area contributed by atoms with Gasteiger partial charge in [0.15, 0.2) is 5.96 Å². The number of nitrogens with one attached hydrogen (secondary N) is 3. The number of pyridine rings is 1. The van der Waals surface area contributed by atoms with E-state index in [9.17, 15) is 4.79 Å². The molecule has 1 saturated carbocycles. The number of carbonyl (C=O) groups excluding carboxylic acids is 1. The van der Waals surface area contributed by atoms with E-state index < -0.39 is 0 Å². The maximum atomic E-state index is 11.3. The SMILES string of the molecule is CCNC(=NCc1ccnc(OC2CCC(C)CC2)c1)NC1CCC(=O)NC1.I. The van der Waals surface area contributed by atoms with Crippen LogP contribution in [0.1, 0.15) is 57.9 Å². The van der Waals surface area contributed by atoms with Crippen molar-refractivity contribution < 1.29 is 9.53 Å². The number of piperidine rings is 1. The van der Waals surface area contributed by atoms with E-state index in [1.807, 2.05) is 19.1 Å². The predicted octanol–water partition coefficient (Wildman–Crippen LogP) is 2.99. The normalized spacial score (nSPS) is 24.8. The molecule has 0 radical (unpaired) electrons. The lowest BCUT2D eigenvalue weighted by Gasteiger charge is -2.26. The van der Waals surface area contributed by atoms with Crippen LogP contribution in [0.3, 0.4) is 0 Å². The number of carbonyl (C=O) groups is 1. The van der Waals surface area contributed by atoms with Crippen molar-refractivity contribution in [1.82, 2.24) is 20.9 Å². The second-order valence-electron chi connectivity index (χ2n) is 7.88. The molecule has 0 spiro atoms. The van der Waals surface area contributed by atoms with E-state index in [4.69, 9.17) is 9.73 Å². The highest BCUT2D eigenvalue weighted by molar-refractivity contribution is 14.0. The molecule has 8 heteroatoms. The molecule has 1 aliphatic heterocycles. The monoisotopic (exact) mass is 515 g/mol. The molecular formula is C21H34IN5O2. The summed E-state index contributed by atoms with van der Waals surface area (Å²) in [7, 11) is 0. The van der Waals surface area contributed by atoms with Crippen LogP contribution in [0.25, 0.3) is 0 Å². The molecule has 1 saturated heterocycles. The number of halogens is 1. The number of hydrogen-bond donors (Lipinski definition) is 3. The lowest BCUT2D eigenvalue weighted by atomic mass is 9.89. The van der Waals surface area contributed by atoms with Crippen molar-refractivity contribution in [2.75, 3.05) is 13.1 Å². The minimum atomic E-state index is 0. The van der Waals surface area contributed by atoms with Gasteiger partial charge in [-0.3, -0.25) is 4.79 Å². The highest BCUT2D eigenvalue weighted by Gasteiger charge is 2.20. The predicted molar refractivity (Wildman–Crippen MR) is 126 cm³/mol. The van der Waals surface area contributed by atoms with Crippen molar-refractivity contribution in [3.63, 3.8) is 0 Å². The molecule has 0 aromatic carbocycles. The highest BCUT2D eigenvalue weighted by Crippen LogP contribution is 2.26. The third kappa shape index (κ3) is 7.98. The fourth-order valence-corrected chi connectivity index (χ4v) is 3.67. The lowest BCUT2D eigenvalue weighted by Crippen LogP contribution is -2.51. The van der Waals surface area contributed by atoms with Crippen LogP contribution in [0.2, 0.25) is 0 Å². The van der Waals surface area contributed by atoms with Gasteiger partial charge in [0.1, 0.15) is 6.10 Å². The fourth-order valence-electron chi connectivity index (χ4n) is 3.67. The lowest BCUT2D eigenvalue weighted by molar-refractivity contribution is -0.122. The second-order valence-corrected chi connectivity index (χ2v) is 7.88. The van der Waals surface area contributed by atoms with Gasteiger partial charge < -0.3 is 20.7 Å². The molecule has 162 valence electrons. The van der Waals surface area contributed by atoms with Crippen LogP contribution in [-0.2, 0) is 11.3 Å². The van der Waals surface area contributed by atoms with Crippen LogP contribution < -0.4 is 20.7 Å². The molecule has 7 nitrogen and oxygen atoms in total. The minimum absolute atomic E-state index is 0. The zero-order valence-corrected chi connectivity index (χ0v) is 19.8. The van der Waals surface area contributed by atoms with E-state index in [2.05, 4.69) is 27.9 Å². The van der Waals surface area contributed by atoms with Gasteiger partial charge in [0, 0.05) is 37.8 Å². The Hall–Kier alpha value is -1.58. The van der Waals surface area contributed by atoms with Gasteiger partial charge in [0.05, 0.1) is 6.54 Å². The molecule has 1 aliphatic carbocycles. The quantitative estimate of drug-likeness (QED) is 0.308. The van der Waals surface area contributed by atoms with Gasteiger partial charge in [-0.15, -0.1) is 24.0 Å². The summed E-state index contributed by atoms with van der Waals surface area (Å²) in [6.07, 6.45) is 8.13. The zero-order chi connectivity index (χ0) is 19.8. The van der Waals surface area contributed by atoms with Crippen molar-refractivity contribution in [1.29, 1.82) is 0 Å². The molecule has 1 aromatic heterocycles. The van der Waals surface area contributed by atoms with E-state index in [1.54, 1.807) is 6.20 Å². The summed E-state index contributed by atoms with van der Waals surface area (Å²) in [5.41, 5.74) is 1.07. The van der Waals surface area contributed by atoms with Crippen molar-refractivity contribution in [2.24, 2.45) is 10.9 Å². The maximum absolute atomic E-state index is 11.3. The first kappa shape index (κ1) is 23.7. The van der Waals surface area contributed by atoms with Crippen molar-refractivity contribution in [3.8, 4) is 5.88 Å². The molecule has 0 bridgehead atoms. The standard InChI is InChI=1S/C21H33N5O2.HI/c1-3-22-21(26-17-6-9-19(27)24-14-17)25-13-16-10-11-23-20(12-16)28-18-7-4-15(2)5-8-18;/h10-12,15,17-18H,3-9,13-14H2,1-2H3,(H,24,27)(H2,22,25,26);1H. The Balaban J connectivity index is 0.00000300. The average Bonchev–Trinajstić information content (AvgIpc) is 2.70. The third-order valence-corrected chi connectivity index (χ3v) is 5.42. The van der Waals surface area contributed by atoms with Crippen molar-refractivity contribution >= 4 is 35.8 Å². The molecule has 2 heterocycles. The number of hydrogen-bond acceptors (Lipinski definition) is 4. The molecule has 3 rings (SSSR count). The first-order chi connectivity index (χ1) is 13.6. The number of nitrogens with zero attached hydrogens (tertiary/aromatic N) is 2. The van der Waals surface area contributed by atoms with E-state index in [-0.39, 0.29) is 42.0 Å². The molecule has 3 N–H and O–H groups in total. The zero-order valence-electron chi connectivity index (χ0n) is 17.4.